The van der Waals surface area contributed by atoms with E-state index in [4.69, 9.17) is 14.2 Å². The molecular weight excluding hydrogens is 564 g/mol. The van der Waals surface area contributed by atoms with Crippen LogP contribution in [0.1, 0.15) is 51.8 Å². The Bertz CT molecular complexity index is 1930. The number of carbonyl (C=O) groups excluding carboxylic acids is 3. The Kier molecular flexibility index (Phi) is 10.3. The Morgan fingerprint density at radius 1 is 0.444 bits per heavy atom. The monoisotopic (exact) mass is 600 g/mol. The number of rotatable bonds is 8. The van der Waals surface area contributed by atoms with Gasteiger partial charge in [-0.25, -0.2) is 0 Å². The molecule has 0 aliphatic carbocycles. The second-order valence-corrected chi connectivity index (χ2v) is 10.4. The van der Waals surface area contributed by atoms with Crippen LogP contribution >= 0.6 is 0 Å². The van der Waals surface area contributed by atoms with E-state index in [1.54, 1.807) is 40.4 Å². The number of hydrogen-bond acceptors (Lipinski definition) is 6. The van der Waals surface area contributed by atoms with Crippen LogP contribution < -0.4 is 14.2 Å². The van der Waals surface area contributed by atoms with Crippen LogP contribution in [0.15, 0.2) is 109 Å². The van der Waals surface area contributed by atoms with Crippen LogP contribution in [0.5, 0.6) is 17.2 Å². The van der Waals surface area contributed by atoms with Gasteiger partial charge in [0.2, 0.25) is 0 Å². The van der Waals surface area contributed by atoms with Crippen LogP contribution in [0, 0.1) is 0 Å². The quantitative estimate of drug-likeness (QED) is 0.128. The number of ether oxygens (including phenoxy) is 3. The largest absolute Gasteiger partial charge is 0.497 e. The summed E-state index contributed by atoms with van der Waals surface area (Å²) < 4.78 is 15.6. The Hall–Kier alpha value is -5.49. The molecule has 0 heterocycles. The van der Waals surface area contributed by atoms with E-state index in [0.717, 1.165) is 55.1 Å². The van der Waals surface area contributed by atoms with Gasteiger partial charge >= 0.3 is 0 Å². The summed E-state index contributed by atoms with van der Waals surface area (Å²) in [5.74, 6) is 2.07. The van der Waals surface area contributed by atoms with Gasteiger partial charge in [-0.3, -0.25) is 14.4 Å². The first-order chi connectivity index (χ1) is 21.3. The molecule has 0 radical (unpaired) electrons. The molecule has 0 unspecified atom stereocenters. The first kappa shape index (κ1) is 32.4. The minimum absolute atomic E-state index is 0. The molecule has 0 aliphatic heterocycles. The summed E-state index contributed by atoms with van der Waals surface area (Å²) in [5.41, 5.74) is 1.80. The maximum atomic E-state index is 12.7. The van der Waals surface area contributed by atoms with Crippen molar-refractivity contribution < 1.29 is 28.6 Å². The van der Waals surface area contributed by atoms with Crippen molar-refractivity contribution >= 4 is 49.7 Å². The molecule has 6 aromatic rings. The molecule has 0 fully saturated rings. The highest BCUT2D eigenvalue weighted by atomic mass is 16.5. The normalized spacial score (nSPS) is 10.4. The maximum Gasteiger partial charge on any atom is 0.170 e. The third kappa shape index (κ3) is 7.54. The lowest BCUT2D eigenvalue weighted by Crippen LogP contribution is -2.08. The van der Waals surface area contributed by atoms with E-state index < -0.39 is 0 Å². The van der Waals surface area contributed by atoms with Gasteiger partial charge in [-0.1, -0.05) is 62.0 Å². The first-order valence-electron chi connectivity index (χ1n) is 14.1. The predicted molar refractivity (Wildman–Crippen MR) is 182 cm³/mol. The van der Waals surface area contributed by atoms with Crippen LogP contribution in [0.25, 0.3) is 32.3 Å². The van der Waals surface area contributed by atoms with Gasteiger partial charge in [-0.05, 0) is 93.8 Å². The van der Waals surface area contributed by atoms with E-state index in [2.05, 4.69) is 0 Å². The zero-order chi connectivity index (χ0) is 31.2. The van der Waals surface area contributed by atoms with Crippen molar-refractivity contribution in [3.8, 4) is 17.2 Å². The topological polar surface area (TPSA) is 78.9 Å². The molecule has 0 spiro atoms. The van der Waals surface area contributed by atoms with Crippen molar-refractivity contribution in [2.24, 2.45) is 0 Å². The molecule has 6 aromatic carbocycles. The molecule has 0 bridgehead atoms. The summed E-state index contributed by atoms with van der Waals surface area (Å²) in [5, 5.41) is 5.98. The van der Waals surface area contributed by atoms with E-state index in [1.165, 1.54) is 0 Å². The Morgan fingerprint density at radius 2 is 0.733 bits per heavy atom. The lowest BCUT2D eigenvalue weighted by atomic mass is 9.97. The van der Waals surface area contributed by atoms with Gasteiger partial charge in [0.1, 0.15) is 17.2 Å². The first-order valence-corrected chi connectivity index (χ1v) is 14.1. The van der Waals surface area contributed by atoms with Gasteiger partial charge in [0.25, 0.3) is 0 Å². The highest BCUT2D eigenvalue weighted by Crippen LogP contribution is 2.25. The lowest BCUT2D eigenvalue weighted by molar-refractivity contribution is 0.0893. The average Bonchev–Trinajstić information content (AvgIpc) is 3.06. The van der Waals surface area contributed by atoms with Crippen molar-refractivity contribution in [2.75, 3.05) is 21.3 Å². The Morgan fingerprint density at radius 3 is 1.07 bits per heavy atom. The summed E-state index contributed by atoms with van der Waals surface area (Å²) in [6.45, 7) is 1.57. The van der Waals surface area contributed by atoms with Crippen LogP contribution in [-0.2, 0) is 0 Å². The lowest BCUT2D eigenvalue weighted by Gasteiger charge is -2.07. The zero-order valence-corrected chi connectivity index (χ0v) is 25.0. The minimum Gasteiger partial charge on any atom is -0.497 e. The summed E-state index contributed by atoms with van der Waals surface area (Å²) in [6, 6.07) is 33.7. The van der Waals surface area contributed by atoms with E-state index in [-0.39, 0.29) is 31.2 Å². The predicted octanol–water partition coefficient (Wildman–Crippen LogP) is 9.15. The smallest absolute Gasteiger partial charge is 0.170 e. The zero-order valence-electron chi connectivity index (χ0n) is 25.0. The van der Waals surface area contributed by atoms with E-state index in [9.17, 15) is 14.4 Å². The van der Waals surface area contributed by atoms with Crippen LogP contribution in [0.3, 0.4) is 0 Å². The molecule has 6 nitrogen and oxygen atoms in total. The Labute approximate surface area is 263 Å². The van der Waals surface area contributed by atoms with Crippen LogP contribution in [0.4, 0.5) is 0 Å². The molecule has 45 heavy (non-hydrogen) atoms. The van der Waals surface area contributed by atoms with Crippen molar-refractivity contribution in [3.05, 3.63) is 126 Å². The number of methoxy groups -OCH3 is 3. The van der Waals surface area contributed by atoms with Crippen molar-refractivity contribution in [1.82, 2.24) is 0 Å². The van der Waals surface area contributed by atoms with Gasteiger partial charge in [0.05, 0.1) is 27.8 Å². The summed E-state index contributed by atoms with van der Waals surface area (Å²) >= 11 is 0. The van der Waals surface area contributed by atoms with E-state index in [1.807, 2.05) is 97.1 Å². The second-order valence-electron chi connectivity index (χ2n) is 10.4. The molecule has 228 valence electrons. The van der Waals surface area contributed by atoms with E-state index >= 15 is 0 Å². The molecule has 0 aromatic heterocycles. The number of fused-ring (bicyclic) bond motifs is 3. The van der Waals surface area contributed by atoms with Gasteiger partial charge in [-0.15, -0.1) is 0 Å². The Balaban J connectivity index is 0.000000243. The van der Waals surface area contributed by atoms with Crippen LogP contribution in [0.2, 0.25) is 0 Å². The molecule has 0 atom stereocenters. The average molecular weight is 601 g/mol. The number of carbonyl (C=O) groups is 3. The number of benzene rings is 6. The number of Topliss-reactive ketones (excluding diaryl/α,β-unsaturated/α-hetero) is 3. The fraction of sp³-hybridized carbons (Fsp3) is 0.154. The fourth-order valence-corrected chi connectivity index (χ4v) is 4.97. The number of ketones is 3. The summed E-state index contributed by atoms with van der Waals surface area (Å²) in [7, 11) is 4.88. The van der Waals surface area contributed by atoms with Crippen molar-refractivity contribution in [2.45, 2.75) is 20.8 Å². The maximum absolute atomic E-state index is 12.7. The minimum atomic E-state index is -0.192. The molecule has 6 heteroatoms. The molecule has 0 saturated carbocycles. The molecule has 0 N–H and O–H groups in total. The second kappa shape index (κ2) is 14.3. The van der Waals surface area contributed by atoms with Gasteiger partial charge < -0.3 is 14.2 Å². The SMILES string of the molecule is C.COc1ccc2cc(C(=O)CC(=O)c3ccc4cc(OC)ccc4c3)ccc2c1.COc1ccc2cc(C(C)=O)ccc2c1. The van der Waals surface area contributed by atoms with Gasteiger partial charge in [0, 0.05) is 16.7 Å². The fourth-order valence-electron chi connectivity index (χ4n) is 4.97. The molecule has 0 saturated heterocycles. The summed E-state index contributed by atoms with van der Waals surface area (Å²) in [6.07, 6.45) is -0.163. The third-order valence-electron chi connectivity index (χ3n) is 7.51. The molecule has 0 aliphatic rings. The van der Waals surface area contributed by atoms with Gasteiger partial charge in [-0.2, -0.15) is 0 Å². The van der Waals surface area contributed by atoms with Crippen molar-refractivity contribution in [3.63, 3.8) is 0 Å². The molecular formula is C39H36O6. The standard InChI is InChI=1S/C25H20O4.C13H12O2.CH4/c1-28-22-9-7-16-11-20(5-3-18(16)13-22)24(26)15-25(27)21-6-4-19-14-23(29-2)10-8-17(19)12-21;1-9(14)10-3-4-12-8-13(15-2)6-5-11(12)7-10;/h3-14H,15H2,1-2H3;3-8H,1-2H3;1H4. The highest BCUT2D eigenvalue weighted by molar-refractivity contribution is 6.15. The van der Waals surface area contributed by atoms with Crippen LogP contribution in [-0.4, -0.2) is 38.7 Å². The van der Waals surface area contributed by atoms with Gasteiger partial charge in [0.15, 0.2) is 17.3 Å². The highest BCUT2D eigenvalue weighted by Gasteiger charge is 2.15. The third-order valence-corrected chi connectivity index (χ3v) is 7.51. The van der Waals surface area contributed by atoms with E-state index in [0.29, 0.717) is 11.1 Å². The summed E-state index contributed by atoms with van der Waals surface area (Å²) in [4.78, 5) is 36.5. The molecule has 6 rings (SSSR count). The molecule has 0 amide bonds. The van der Waals surface area contributed by atoms with Crippen molar-refractivity contribution in [1.29, 1.82) is 0 Å². The number of hydrogen-bond donors (Lipinski definition) is 0.